The summed E-state index contributed by atoms with van der Waals surface area (Å²) in [5, 5.41) is 2.87. The fourth-order valence-electron chi connectivity index (χ4n) is 2.95. The first kappa shape index (κ1) is 24.4. The third kappa shape index (κ3) is 7.10. The first-order chi connectivity index (χ1) is 14.6. The van der Waals surface area contributed by atoms with Gasteiger partial charge in [-0.3, -0.25) is 4.79 Å². The molecule has 0 atom stereocenters. The molecule has 1 amide bonds. The Hall–Kier alpha value is -2.87. The van der Waals surface area contributed by atoms with Crippen LogP contribution in [-0.4, -0.2) is 19.1 Å². The summed E-state index contributed by atoms with van der Waals surface area (Å²) in [4.78, 5) is 12.3. The van der Waals surface area contributed by atoms with Crippen molar-refractivity contribution in [2.45, 2.75) is 13.8 Å². The van der Waals surface area contributed by atoms with E-state index in [-0.39, 0.29) is 36.5 Å². The van der Waals surface area contributed by atoms with Crippen molar-refractivity contribution in [3.8, 4) is 11.5 Å². The van der Waals surface area contributed by atoms with Gasteiger partial charge in [-0.05, 0) is 55.3 Å². The van der Waals surface area contributed by atoms with Crippen molar-refractivity contribution in [2.24, 2.45) is 7.05 Å². The molecule has 0 radical (unpaired) electrons. The number of aryl methyl sites for hydroxylation is 2. The van der Waals surface area contributed by atoms with E-state index in [9.17, 15) is 4.79 Å². The summed E-state index contributed by atoms with van der Waals surface area (Å²) in [6.07, 6.45) is 6.07. The van der Waals surface area contributed by atoms with Gasteiger partial charge in [-0.2, -0.15) is 0 Å². The number of rotatable bonds is 8. The van der Waals surface area contributed by atoms with Gasteiger partial charge in [0, 0.05) is 23.9 Å². The lowest BCUT2D eigenvalue weighted by Crippen LogP contribution is -3.00. The van der Waals surface area contributed by atoms with Crippen LogP contribution >= 0.6 is 0 Å². The van der Waals surface area contributed by atoms with E-state index in [2.05, 4.69) is 5.32 Å². The second-order valence-corrected chi connectivity index (χ2v) is 6.86. The Morgan fingerprint density at radius 2 is 1.77 bits per heavy atom. The largest absolute Gasteiger partial charge is 1.00 e. The second kappa shape index (κ2) is 12.1. The minimum absolute atomic E-state index is 0. The lowest BCUT2D eigenvalue weighted by Gasteiger charge is -2.13. The molecule has 3 rings (SSSR count). The normalized spacial score (nSPS) is 10.4. The number of benzene rings is 2. The maximum atomic E-state index is 12.3. The maximum Gasteiger partial charge on any atom is 0.262 e. The van der Waals surface area contributed by atoms with Crippen molar-refractivity contribution < 1.29 is 42.8 Å². The number of nitrogens with zero attached hydrogens (tertiary/aromatic N) is 1. The van der Waals surface area contributed by atoms with Crippen LogP contribution in [0.25, 0.3) is 12.2 Å². The van der Waals surface area contributed by atoms with Gasteiger partial charge in [-0.25, -0.2) is 4.57 Å². The van der Waals surface area contributed by atoms with Crippen molar-refractivity contribution in [1.82, 2.24) is 0 Å². The number of hydrogen-bond acceptors (Lipinski definition) is 3. The molecule has 1 heterocycles. The van der Waals surface area contributed by atoms with E-state index in [0.29, 0.717) is 18.1 Å². The number of pyridine rings is 1. The molecule has 0 aliphatic rings. The summed E-state index contributed by atoms with van der Waals surface area (Å²) in [5.74, 6) is 0.937. The Morgan fingerprint density at radius 3 is 2.52 bits per heavy atom. The van der Waals surface area contributed by atoms with E-state index in [1.54, 1.807) is 0 Å². The number of anilines is 1. The van der Waals surface area contributed by atoms with Crippen molar-refractivity contribution in [3.05, 3.63) is 83.7 Å². The number of ether oxygens (including phenoxy) is 2. The van der Waals surface area contributed by atoms with Gasteiger partial charge >= 0.3 is 0 Å². The second-order valence-electron chi connectivity index (χ2n) is 6.86. The smallest absolute Gasteiger partial charge is 0.262 e. The number of hydrogen-bond donors (Lipinski definition) is 1. The zero-order valence-electron chi connectivity index (χ0n) is 18.0. The zero-order chi connectivity index (χ0) is 21.3. The van der Waals surface area contributed by atoms with E-state index in [4.69, 9.17) is 9.47 Å². The molecule has 0 unspecified atom stereocenters. The highest BCUT2D eigenvalue weighted by atomic mass is 127. The van der Waals surface area contributed by atoms with Crippen LogP contribution in [0.4, 0.5) is 5.69 Å². The van der Waals surface area contributed by atoms with Crippen LogP contribution in [-0.2, 0) is 11.8 Å². The number of aromatic nitrogens is 1. The van der Waals surface area contributed by atoms with Gasteiger partial charge in [-0.1, -0.05) is 24.3 Å². The summed E-state index contributed by atoms with van der Waals surface area (Å²) < 4.78 is 13.5. The number of amides is 1. The summed E-state index contributed by atoms with van der Waals surface area (Å²) in [6, 6.07) is 19.4. The van der Waals surface area contributed by atoms with Gasteiger partial charge < -0.3 is 38.8 Å². The molecule has 0 spiro atoms. The SMILES string of the molecule is CCOc1cc(/C=C/c2cccc[n+]2C)ccc1OCC(=O)Nc1ccccc1C.[I-]. The van der Waals surface area contributed by atoms with Crippen molar-refractivity contribution in [2.75, 3.05) is 18.5 Å². The summed E-state index contributed by atoms with van der Waals surface area (Å²) in [6.45, 7) is 4.28. The molecule has 0 bridgehead atoms. The summed E-state index contributed by atoms with van der Waals surface area (Å²) in [7, 11) is 2.00. The Morgan fingerprint density at radius 1 is 1.00 bits per heavy atom. The third-order valence-corrected chi connectivity index (χ3v) is 4.59. The highest BCUT2D eigenvalue weighted by Crippen LogP contribution is 2.29. The fraction of sp³-hybridized carbons (Fsp3) is 0.200. The molecule has 162 valence electrons. The molecule has 3 aromatic rings. The van der Waals surface area contributed by atoms with Gasteiger partial charge in [-0.15, -0.1) is 0 Å². The maximum absolute atomic E-state index is 12.3. The molecule has 1 N–H and O–H groups in total. The first-order valence-electron chi connectivity index (χ1n) is 9.94. The molecular formula is C25H27IN2O3. The van der Waals surface area contributed by atoms with E-state index >= 15 is 0 Å². The number of carbonyl (C=O) groups excluding carboxylic acids is 1. The molecule has 6 heteroatoms. The molecule has 0 aliphatic carbocycles. The van der Waals surface area contributed by atoms with Gasteiger partial charge in [0.2, 0.25) is 5.69 Å². The number of nitrogens with one attached hydrogen (secondary N) is 1. The Kier molecular flexibility index (Phi) is 9.52. The number of para-hydroxylation sites is 1. The van der Waals surface area contributed by atoms with Crippen molar-refractivity contribution in [3.63, 3.8) is 0 Å². The number of halogens is 1. The van der Waals surface area contributed by atoms with E-state index in [1.807, 2.05) is 104 Å². The monoisotopic (exact) mass is 530 g/mol. The number of carbonyl (C=O) groups is 1. The standard InChI is InChI=1S/C25H26N2O3.HI/c1-4-29-24-17-20(12-14-21-10-7-8-16-27(21)3)13-15-23(24)30-18-25(28)26-22-11-6-5-9-19(22)2;/h5-17H,4,18H2,1-3H3;1H/b14-12+;. The quantitative estimate of drug-likeness (QED) is 0.354. The molecule has 31 heavy (non-hydrogen) atoms. The molecule has 2 aromatic carbocycles. The van der Waals surface area contributed by atoms with Crippen LogP contribution in [0.15, 0.2) is 66.9 Å². The van der Waals surface area contributed by atoms with Crippen LogP contribution in [0.3, 0.4) is 0 Å². The van der Waals surface area contributed by atoms with Gasteiger partial charge in [0.1, 0.15) is 7.05 Å². The van der Waals surface area contributed by atoms with E-state index in [0.717, 1.165) is 22.5 Å². The Bertz CT molecular complexity index is 1050. The van der Waals surface area contributed by atoms with Crippen LogP contribution in [0.1, 0.15) is 23.7 Å². The lowest BCUT2D eigenvalue weighted by atomic mass is 10.1. The molecule has 0 saturated carbocycles. The minimum Gasteiger partial charge on any atom is -1.00 e. The topological polar surface area (TPSA) is 51.4 Å². The zero-order valence-corrected chi connectivity index (χ0v) is 20.1. The van der Waals surface area contributed by atoms with Gasteiger partial charge in [0.15, 0.2) is 24.3 Å². The average molecular weight is 530 g/mol. The molecule has 1 aromatic heterocycles. The highest BCUT2D eigenvalue weighted by molar-refractivity contribution is 5.92. The molecule has 0 aliphatic heterocycles. The van der Waals surface area contributed by atoms with Gasteiger partial charge in [0.25, 0.3) is 5.91 Å². The Balaban J connectivity index is 0.00000341. The average Bonchev–Trinajstić information content (AvgIpc) is 2.74. The van der Waals surface area contributed by atoms with Gasteiger partial charge in [0.05, 0.1) is 6.61 Å². The van der Waals surface area contributed by atoms with E-state index in [1.165, 1.54) is 0 Å². The lowest BCUT2D eigenvalue weighted by molar-refractivity contribution is -0.673. The minimum atomic E-state index is -0.215. The van der Waals surface area contributed by atoms with Crippen molar-refractivity contribution in [1.29, 1.82) is 0 Å². The molecular weight excluding hydrogens is 503 g/mol. The summed E-state index contributed by atoms with van der Waals surface area (Å²) >= 11 is 0. The first-order valence-corrected chi connectivity index (χ1v) is 9.94. The molecule has 5 nitrogen and oxygen atoms in total. The fourth-order valence-corrected chi connectivity index (χ4v) is 2.95. The predicted octanol–water partition coefficient (Wildman–Crippen LogP) is 1.41. The third-order valence-electron chi connectivity index (χ3n) is 4.59. The van der Waals surface area contributed by atoms with Crippen LogP contribution in [0.5, 0.6) is 11.5 Å². The highest BCUT2D eigenvalue weighted by Gasteiger charge is 2.10. The van der Waals surface area contributed by atoms with Crippen molar-refractivity contribution >= 4 is 23.7 Å². The van der Waals surface area contributed by atoms with Crippen LogP contribution in [0, 0.1) is 6.92 Å². The Labute approximate surface area is 200 Å². The molecule has 0 saturated heterocycles. The summed E-state index contributed by atoms with van der Waals surface area (Å²) in [5.41, 5.74) is 3.86. The predicted molar refractivity (Wildman–Crippen MR) is 119 cm³/mol. The van der Waals surface area contributed by atoms with Crippen LogP contribution < -0.4 is 43.3 Å². The van der Waals surface area contributed by atoms with E-state index < -0.39 is 0 Å². The van der Waals surface area contributed by atoms with Crippen LogP contribution in [0.2, 0.25) is 0 Å². The molecule has 0 fully saturated rings.